The molecule has 8 nitrogen and oxygen atoms in total. The van der Waals surface area contributed by atoms with Crippen LogP contribution in [0.2, 0.25) is 5.02 Å². The molecule has 2 N–H and O–H groups in total. The molecule has 2 aromatic carbocycles. The number of hydrogen-bond donors (Lipinski definition) is 2. The summed E-state index contributed by atoms with van der Waals surface area (Å²) in [6.45, 7) is -0.246. The smallest absolute Gasteiger partial charge is 0.420 e. The molecule has 0 saturated heterocycles. The highest BCUT2D eigenvalue weighted by Gasteiger charge is 2.17. The van der Waals surface area contributed by atoms with E-state index in [-0.39, 0.29) is 11.5 Å². The average molecular weight is 399 g/mol. The van der Waals surface area contributed by atoms with Gasteiger partial charge in [-0.15, -0.1) is 0 Å². The minimum Gasteiger partial charge on any atom is -0.484 e. The average Bonchev–Trinajstić information content (AvgIpc) is 2.60. The van der Waals surface area contributed by atoms with Gasteiger partial charge >= 0.3 is 6.09 Å². The van der Waals surface area contributed by atoms with Crippen molar-refractivity contribution in [3.05, 3.63) is 53.6 Å². The van der Waals surface area contributed by atoms with Crippen molar-refractivity contribution in [2.75, 3.05) is 19.0 Å². The highest BCUT2D eigenvalue weighted by molar-refractivity contribution is 7.90. The van der Waals surface area contributed by atoms with Crippen molar-refractivity contribution in [2.45, 2.75) is 4.90 Å². The van der Waals surface area contributed by atoms with Gasteiger partial charge in [0.25, 0.3) is 15.9 Å². The van der Waals surface area contributed by atoms with Crippen LogP contribution in [0, 0.1) is 0 Å². The molecule has 26 heavy (non-hydrogen) atoms. The quantitative estimate of drug-likeness (QED) is 0.773. The first-order chi connectivity index (χ1) is 12.3. The second-order valence-electron chi connectivity index (χ2n) is 4.92. The highest BCUT2D eigenvalue weighted by Crippen LogP contribution is 2.17. The minimum absolute atomic E-state index is 0.156. The minimum atomic E-state index is -4.04. The largest absolute Gasteiger partial charge is 0.484 e. The Labute approximate surface area is 155 Å². The molecule has 0 saturated carbocycles. The number of sulfonamides is 1. The Morgan fingerprint density at radius 1 is 1.12 bits per heavy atom. The SMILES string of the molecule is COC(=O)NS(=O)(=O)c1ccc(NC(=O)COc2cccc(Cl)c2)cc1. The second kappa shape index (κ2) is 8.54. The van der Waals surface area contributed by atoms with Crippen LogP contribution in [0.1, 0.15) is 0 Å². The van der Waals surface area contributed by atoms with Crippen LogP contribution in [0.4, 0.5) is 10.5 Å². The third-order valence-corrected chi connectivity index (χ3v) is 4.58. The lowest BCUT2D eigenvalue weighted by Gasteiger charge is -2.09. The number of halogens is 1. The van der Waals surface area contributed by atoms with E-state index in [1.165, 1.54) is 24.3 Å². The molecule has 0 aliphatic heterocycles. The van der Waals surface area contributed by atoms with Crippen LogP contribution in [0.15, 0.2) is 53.4 Å². The number of methoxy groups -OCH3 is 1. The summed E-state index contributed by atoms with van der Waals surface area (Å²) in [7, 11) is -2.99. The summed E-state index contributed by atoms with van der Waals surface area (Å²) < 4.78 is 35.0. The van der Waals surface area contributed by atoms with Gasteiger partial charge in [-0.3, -0.25) is 4.79 Å². The van der Waals surface area contributed by atoms with Crippen molar-refractivity contribution in [2.24, 2.45) is 0 Å². The monoisotopic (exact) mass is 398 g/mol. The molecule has 0 spiro atoms. The molecule has 0 aliphatic rings. The zero-order valence-corrected chi connectivity index (χ0v) is 15.1. The molecule has 0 aromatic heterocycles. The lowest BCUT2D eigenvalue weighted by Crippen LogP contribution is -2.30. The van der Waals surface area contributed by atoms with Crippen molar-refractivity contribution >= 4 is 39.3 Å². The molecular weight excluding hydrogens is 384 g/mol. The first-order valence-electron chi connectivity index (χ1n) is 7.19. The predicted octanol–water partition coefficient (Wildman–Crippen LogP) is 2.40. The van der Waals surface area contributed by atoms with E-state index in [1.807, 2.05) is 0 Å². The van der Waals surface area contributed by atoms with E-state index in [4.69, 9.17) is 16.3 Å². The molecule has 0 fully saturated rings. The van der Waals surface area contributed by atoms with Crippen LogP contribution < -0.4 is 14.8 Å². The summed E-state index contributed by atoms with van der Waals surface area (Å²) >= 11 is 5.82. The Kier molecular flexibility index (Phi) is 6.42. The summed E-state index contributed by atoms with van der Waals surface area (Å²) in [6.07, 6.45) is -1.10. The number of hydrogen-bond acceptors (Lipinski definition) is 6. The van der Waals surface area contributed by atoms with E-state index in [9.17, 15) is 18.0 Å². The Bertz CT molecular complexity index is 899. The summed E-state index contributed by atoms with van der Waals surface area (Å²) in [6, 6.07) is 11.8. The Balaban J connectivity index is 1.94. The summed E-state index contributed by atoms with van der Waals surface area (Å²) in [5.41, 5.74) is 0.363. The number of nitrogens with one attached hydrogen (secondary N) is 2. The van der Waals surface area contributed by atoms with E-state index < -0.39 is 22.0 Å². The van der Waals surface area contributed by atoms with Gasteiger partial charge in [0.05, 0.1) is 12.0 Å². The van der Waals surface area contributed by atoms with Gasteiger partial charge in [0.2, 0.25) is 0 Å². The Morgan fingerprint density at radius 2 is 1.81 bits per heavy atom. The van der Waals surface area contributed by atoms with Crippen LogP contribution in [0.3, 0.4) is 0 Å². The molecule has 0 bridgehead atoms. The fourth-order valence-electron chi connectivity index (χ4n) is 1.83. The van der Waals surface area contributed by atoms with Crippen molar-refractivity contribution in [1.29, 1.82) is 0 Å². The number of anilines is 1. The van der Waals surface area contributed by atoms with Crippen LogP contribution >= 0.6 is 11.6 Å². The third kappa shape index (κ3) is 5.64. The number of amides is 2. The lowest BCUT2D eigenvalue weighted by molar-refractivity contribution is -0.118. The molecule has 2 aromatic rings. The highest BCUT2D eigenvalue weighted by atomic mass is 35.5. The molecule has 0 aliphatic carbocycles. The number of rotatable bonds is 6. The zero-order chi connectivity index (χ0) is 19.2. The third-order valence-electron chi connectivity index (χ3n) is 3.02. The fraction of sp³-hybridized carbons (Fsp3) is 0.125. The first kappa shape index (κ1) is 19.5. The maximum absolute atomic E-state index is 11.9. The molecule has 0 radical (unpaired) electrons. The molecule has 0 atom stereocenters. The van der Waals surface area contributed by atoms with Crippen LogP contribution in [-0.4, -0.2) is 34.1 Å². The van der Waals surface area contributed by atoms with Gasteiger partial charge < -0.3 is 14.8 Å². The van der Waals surface area contributed by atoms with Crippen LogP contribution in [-0.2, 0) is 19.6 Å². The normalized spacial score (nSPS) is 10.7. The molecule has 10 heteroatoms. The number of ether oxygens (including phenoxy) is 2. The molecule has 138 valence electrons. The van der Waals surface area contributed by atoms with E-state index in [0.29, 0.717) is 16.5 Å². The van der Waals surface area contributed by atoms with Gasteiger partial charge in [-0.1, -0.05) is 17.7 Å². The number of carbonyl (C=O) groups excluding carboxylic acids is 2. The van der Waals surface area contributed by atoms with E-state index in [0.717, 1.165) is 7.11 Å². The molecule has 0 unspecified atom stereocenters. The van der Waals surface area contributed by atoms with Crippen molar-refractivity contribution in [3.63, 3.8) is 0 Å². The number of carbonyl (C=O) groups is 2. The maximum atomic E-state index is 11.9. The summed E-state index contributed by atoms with van der Waals surface area (Å²) in [5, 5.41) is 3.04. The molecule has 0 heterocycles. The Hall–Kier alpha value is -2.78. The van der Waals surface area contributed by atoms with E-state index >= 15 is 0 Å². The van der Waals surface area contributed by atoms with Gasteiger partial charge in [0.1, 0.15) is 5.75 Å². The number of benzene rings is 2. The summed E-state index contributed by atoms with van der Waals surface area (Å²) in [4.78, 5) is 22.8. The van der Waals surface area contributed by atoms with Gasteiger partial charge in [-0.05, 0) is 42.5 Å². The van der Waals surface area contributed by atoms with Crippen molar-refractivity contribution < 1.29 is 27.5 Å². The first-order valence-corrected chi connectivity index (χ1v) is 9.05. The predicted molar refractivity (Wildman–Crippen MR) is 94.7 cm³/mol. The van der Waals surface area contributed by atoms with Gasteiger partial charge in [-0.25, -0.2) is 17.9 Å². The van der Waals surface area contributed by atoms with Crippen LogP contribution in [0.25, 0.3) is 0 Å². The van der Waals surface area contributed by atoms with Crippen molar-refractivity contribution in [1.82, 2.24) is 4.72 Å². The van der Waals surface area contributed by atoms with Crippen LogP contribution in [0.5, 0.6) is 5.75 Å². The van der Waals surface area contributed by atoms with Gasteiger partial charge in [0, 0.05) is 10.7 Å². The molecule has 2 amide bonds. The zero-order valence-electron chi connectivity index (χ0n) is 13.6. The van der Waals surface area contributed by atoms with Gasteiger partial charge in [0.15, 0.2) is 6.61 Å². The standard InChI is InChI=1S/C16H15ClN2O6S/c1-24-16(21)19-26(22,23)14-7-5-12(6-8-14)18-15(20)10-25-13-4-2-3-11(17)9-13/h2-9H,10H2,1H3,(H,18,20)(H,19,21). The molecular formula is C16H15ClN2O6S. The fourth-order valence-corrected chi connectivity index (χ4v) is 2.93. The van der Waals surface area contributed by atoms with Crippen molar-refractivity contribution in [3.8, 4) is 5.75 Å². The molecule has 2 rings (SSSR count). The maximum Gasteiger partial charge on any atom is 0.420 e. The lowest BCUT2D eigenvalue weighted by atomic mass is 10.3. The summed E-state index contributed by atoms with van der Waals surface area (Å²) in [5.74, 6) is 0.0104. The van der Waals surface area contributed by atoms with Gasteiger partial charge in [-0.2, -0.15) is 0 Å². The van der Waals surface area contributed by atoms with E-state index in [1.54, 1.807) is 29.0 Å². The van der Waals surface area contributed by atoms with E-state index in [2.05, 4.69) is 10.1 Å². The topological polar surface area (TPSA) is 111 Å². The second-order valence-corrected chi connectivity index (χ2v) is 7.03. The Morgan fingerprint density at radius 3 is 2.42 bits per heavy atom.